The standard InChI is InChI=1S/C27H26N4O2S/c32-27(21-3-1-4-24(16-21)31-10-2-9-28-31)30-12-13-33-25-6-5-20(15-23(25)19-30)17-29-11-7-26-22(18-29)8-14-34-26/h1-6,8-10,14-16H,7,11-13,17-19H2. The van der Waals surface area contributed by atoms with Gasteiger partial charge in [-0.2, -0.15) is 5.10 Å². The summed E-state index contributed by atoms with van der Waals surface area (Å²) in [5.41, 5.74) is 5.33. The monoisotopic (exact) mass is 470 g/mol. The van der Waals surface area contributed by atoms with Crippen LogP contribution < -0.4 is 4.74 Å². The van der Waals surface area contributed by atoms with E-state index in [0.717, 1.165) is 43.1 Å². The van der Waals surface area contributed by atoms with Crippen molar-refractivity contribution in [3.8, 4) is 11.4 Å². The quantitative estimate of drug-likeness (QED) is 0.440. The molecule has 0 unspecified atom stereocenters. The van der Waals surface area contributed by atoms with Crippen molar-refractivity contribution in [1.82, 2.24) is 19.6 Å². The van der Waals surface area contributed by atoms with E-state index in [1.165, 1.54) is 16.0 Å². The van der Waals surface area contributed by atoms with Crippen LogP contribution in [-0.4, -0.2) is 45.2 Å². The maximum atomic E-state index is 13.4. The van der Waals surface area contributed by atoms with Crippen molar-refractivity contribution in [3.63, 3.8) is 0 Å². The molecule has 0 atom stereocenters. The zero-order valence-electron chi connectivity index (χ0n) is 18.9. The van der Waals surface area contributed by atoms with Crippen molar-refractivity contribution >= 4 is 17.2 Å². The first kappa shape index (κ1) is 21.1. The molecule has 2 aromatic carbocycles. The summed E-state index contributed by atoms with van der Waals surface area (Å²) in [4.78, 5) is 19.3. The summed E-state index contributed by atoms with van der Waals surface area (Å²) in [6.45, 7) is 4.58. The van der Waals surface area contributed by atoms with Crippen LogP contribution >= 0.6 is 11.3 Å². The van der Waals surface area contributed by atoms with Crippen LogP contribution in [-0.2, 0) is 26.1 Å². The van der Waals surface area contributed by atoms with E-state index in [9.17, 15) is 4.79 Å². The van der Waals surface area contributed by atoms with Crippen molar-refractivity contribution < 1.29 is 9.53 Å². The first-order chi connectivity index (χ1) is 16.7. The molecule has 0 N–H and O–H groups in total. The number of rotatable bonds is 4. The predicted octanol–water partition coefficient (Wildman–Crippen LogP) is 4.53. The van der Waals surface area contributed by atoms with E-state index in [1.807, 2.05) is 52.8 Å². The van der Waals surface area contributed by atoms with Crippen LogP contribution in [0, 0.1) is 0 Å². The summed E-state index contributed by atoms with van der Waals surface area (Å²) >= 11 is 1.87. The van der Waals surface area contributed by atoms with Crippen LogP contribution in [0.25, 0.3) is 5.69 Å². The fraction of sp³-hybridized carbons (Fsp3) is 0.259. The minimum Gasteiger partial charge on any atom is -0.491 e. The molecule has 0 aliphatic carbocycles. The highest BCUT2D eigenvalue weighted by Gasteiger charge is 2.23. The van der Waals surface area contributed by atoms with Crippen molar-refractivity contribution in [2.24, 2.45) is 0 Å². The Hall–Kier alpha value is -3.42. The fourth-order valence-electron chi connectivity index (χ4n) is 4.80. The highest BCUT2D eigenvalue weighted by molar-refractivity contribution is 7.10. The smallest absolute Gasteiger partial charge is 0.254 e. The van der Waals surface area contributed by atoms with Crippen molar-refractivity contribution in [2.75, 3.05) is 19.7 Å². The number of amides is 1. The molecule has 34 heavy (non-hydrogen) atoms. The highest BCUT2D eigenvalue weighted by atomic mass is 32.1. The van der Waals surface area contributed by atoms with Gasteiger partial charge in [0.2, 0.25) is 0 Å². The Balaban J connectivity index is 1.19. The predicted molar refractivity (Wildman–Crippen MR) is 132 cm³/mol. The molecule has 6 nitrogen and oxygen atoms in total. The third-order valence-corrected chi connectivity index (χ3v) is 7.57. The molecule has 0 spiro atoms. The summed E-state index contributed by atoms with van der Waals surface area (Å²) in [7, 11) is 0. The Morgan fingerprint density at radius 3 is 2.91 bits per heavy atom. The number of hydrogen-bond acceptors (Lipinski definition) is 5. The molecule has 2 aliphatic rings. The largest absolute Gasteiger partial charge is 0.491 e. The molecule has 0 saturated heterocycles. The number of carbonyl (C=O) groups is 1. The number of benzene rings is 2. The molecular weight excluding hydrogens is 444 g/mol. The van der Waals surface area contributed by atoms with Crippen LogP contribution in [0.1, 0.15) is 31.9 Å². The number of ether oxygens (including phenoxy) is 1. The van der Waals surface area contributed by atoms with Crippen molar-refractivity contribution in [2.45, 2.75) is 26.1 Å². The second-order valence-electron chi connectivity index (χ2n) is 8.85. The van der Waals surface area contributed by atoms with Crippen molar-refractivity contribution in [3.05, 3.63) is 99.5 Å². The molecule has 1 amide bonds. The molecule has 7 heteroatoms. The van der Waals surface area contributed by atoms with Crippen LogP contribution in [0.5, 0.6) is 5.75 Å². The number of hydrogen-bond donors (Lipinski definition) is 0. The van der Waals surface area contributed by atoms with Gasteiger partial charge in [-0.25, -0.2) is 4.68 Å². The zero-order chi connectivity index (χ0) is 22.9. The lowest BCUT2D eigenvalue weighted by atomic mass is 10.1. The van der Waals surface area contributed by atoms with Gasteiger partial charge in [0.15, 0.2) is 0 Å². The minimum absolute atomic E-state index is 0.0110. The number of fused-ring (bicyclic) bond motifs is 2. The number of carbonyl (C=O) groups excluding carboxylic acids is 1. The fourth-order valence-corrected chi connectivity index (χ4v) is 5.69. The topological polar surface area (TPSA) is 50.6 Å². The average molecular weight is 471 g/mol. The third kappa shape index (κ3) is 4.24. The first-order valence-corrected chi connectivity index (χ1v) is 12.5. The van der Waals surface area contributed by atoms with Gasteiger partial charge < -0.3 is 9.64 Å². The number of nitrogens with zero attached hydrogens (tertiary/aromatic N) is 4. The highest BCUT2D eigenvalue weighted by Crippen LogP contribution is 2.28. The van der Waals surface area contributed by atoms with E-state index in [0.29, 0.717) is 25.3 Å². The molecule has 4 heterocycles. The van der Waals surface area contributed by atoms with Crippen LogP contribution in [0.3, 0.4) is 0 Å². The summed E-state index contributed by atoms with van der Waals surface area (Å²) < 4.78 is 7.78. The first-order valence-electron chi connectivity index (χ1n) is 11.6. The number of aromatic nitrogens is 2. The Kier molecular flexibility index (Phi) is 5.65. The maximum absolute atomic E-state index is 13.4. The number of thiophene rings is 1. The molecule has 0 saturated carbocycles. The van der Waals surface area contributed by atoms with E-state index < -0.39 is 0 Å². The van der Waals surface area contributed by atoms with E-state index >= 15 is 0 Å². The van der Waals surface area contributed by atoms with E-state index in [2.05, 4.69) is 39.6 Å². The lowest BCUT2D eigenvalue weighted by Gasteiger charge is -2.27. The molecule has 4 aromatic rings. The molecule has 0 bridgehead atoms. The lowest BCUT2D eigenvalue weighted by Crippen LogP contribution is -2.32. The van der Waals surface area contributed by atoms with Gasteiger partial charge in [0.1, 0.15) is 12.4 Å². The third-order valence-electron chi connectivity index (χ3n) is 6.55. The van der Waals surface area contributed by atoms with Gasteiger partial charge in [0.25, 0.3) is 5.91 Å². The normalized spacial score (nSPS) is 15.8. The summed E-state index contributed by atoms with van der Waals surface area (Å²) in [6, 6.07) is 18.2. The maximum Gasteiger partial charge on any atom is 0.254 e. The van der Waals surface area contributed by atoms with E-state index in [-0.39, 0.29) is 5.91 Å². The summed E-state index contributed by atoms with van der Waals surface area (Å²) in [5.74, 6) is 0.889. The molecule has 6 rings (SSSR count). The average Bonchev–Trinajstić information content (AvgIpc) is 3.52. The Morgan fingerprint density at radius 2 is 2.00 bits per heavy atom. The zero-order valence-corrected chi connectivity index (χ0v) is 19.7. The SMILES string of the molecule is O=C(c1cccc(-n2cccn2)c1)N1CCOc2ccc(CN3CCc4sccc4C3)cc2C1. The van der Waals surface area contributed by atoms with Crippen LogP contribution in [0.2, 0.25) is 0 Å². The summed E-state index contributed by atoms with van der Waals surface area (Å²) in [6.07, 6.45) is 4.74. The van der Waals surface area contributed by atoms with Gasteiger partial charge in [-0.3, -0.25) is 9.69 Å². The Labute approximate surface area is 203 Å². The van der Waals surface area contributed by atoms with Gasteiger partial charge in [-0.1, -0.05) is 12.1 Å². The van der Waals surface area contributed by atoms with Crippen molar-refractivity contribution in [1.29, 1.82) is 0 Å². The lowest BCUT2D eigenvalue weighted by molar-refractivity contribution is 0.0733. The van der Waals surface area contributed by atoms with Gasteiger partial charge in [-0.15, -0.1) is 11.3 Å². The molecule has 2 aromatic heterocycles. The van der Waals surface area contributed by atoms with Gasteiger partial charge in [0, 0.05) is 54.6 Å². The Bertz CT molecular complexity index is 1310. The minimum atomic E-state index is 0.0110. The second kappa shape index (κ2) is 9.08. The second-order valence-corrected chi connectivity index (χ2v) is 9.85. The molecule has 2 aliphatic heterocycles. The molecular formula is C27H26N4O2S. The van der Waals surface area contributed by atoms with E-state index in [4.69, 9.17) is 4.74 Å². The van der Waals surface area contributed by atoms with Crippen LogP contribution in [0.4, 0.5) is 0 Å². The summed E-state index contributed by atoms with van der Waals surface area (Å²) in [5, 5.41) is 6.48. The van der Waals surface area contributed by atoms with Gasteiger partial charge in [-0.05, 0) is 65.4 Å². The molecule has 0 fully saturated rings. The van der Waals surface area contributed by atoms with Gasteiger partial charge in [0.05, 0.1) is 12.2 Å². The molecule has 0 radical (unpaired) electrons. The molecule has 172 valence electrons. The van der Waals surface area contributed by atoms with E-state index in [1.54, 1.807) is 10.9 Å². The van der Waals surface area contributed by atoms with Gasteiger partial charge >= 0.3 is 0 Å². The van der Waals surface area contributed by atoms with Crippen LogP contribution in [0.15, 0.2) is 72.4 Å². The Morgan fingerprint density at radius 1 is 1.03 bits per heavy atom.